The zero-order chi connectivity index (χ0) is 16.9. The summed E-state index contributed by atoms with van der Waals surface area (Å²) in [7, 11) is 0. The van der Waals surface area contributed by atoms with E-state index in [2.05, 4.69) is 15.1 Å². The number of oxazole rings is 1. The Morgan fingerprint density at radius 3 is 2.62 bits per heavy atom. The lowest BCUT2D eigenvalue weighted by Gasteiger charge is -2.34. The molecular formula is C17H24N4O3. The van der Waals surface area contributed by atoms with Crippen molar-refractivity contribution in [3.63, 3.8) is 0 Å². The molecule has 24 heavy (non-hydrogen) atoms. The third kappa shape index (κ3) is 3.85. The molecule has 0 atom stereocenters. The Morgan fingerprint density at radius 1 is 1.17 bits per heavy atom. The van der Waals surface area contributed by atoms with Crippen molar-refractivity contribution in [2.24, 2.45) is 0 Å². The van der Waals surface area contributed by atoms with E-state index < -0.39 is 0 Å². The van der Waals surface area contributed by atoms with Gasteiger partial charge in [-0.15, -0.1) is 0 Å². The number of benzene rings is 1. The Kier molecular flexibility index (Phi) is 5.32. The Bertz CT molecular complexity index is 744. The molecule has 1 aliphatic heterocycles. The van der Waals surface area contributed by atoms with Crippen LogP contribution in [0.1, 0.15) is 13.3 Å². The molecular weight excluding hydrogens is 308 g/mol. The highest BCUT2D eigenvalue weighted by atomic mass is 16.4. The smallest absolute Gasteiger partial charge is 0.408 e. The van der Waals surface area contributed by atoms with Gasteiger partial charge in [0.25, 0.3) is 0 Å². The minimum Gasteiger partial charge on any atom is -0.408 e. The maximum absolute atomic E-state index is 12.0. The van der Waals surface area contributed by atoms with Crippen LogP contribution in [-0.2, 0) is 11.5 Å². The molecule has 1 aromatic carbocycles. The first-order chi connectivity index (χ1) is 11.7. The Morgan fingerprint density at radius 2 is 1.88 bits per heavy atom. The number of carbonyl (C=O) groups is 1. The van der Waals surface area contributed by atoms with Crippen molar-refractivity contribution in [2.75, 3.05) is 39.3 Å². The number of hydrogen-bond acceptors (Lipinski definition) is 5. The first-order valence-corrected chi connectivity index (χ1v) is 8.47. The maximum Gasteiger partial charge on any atom is 0.421 e. The van der Waals surface area contributed by atoms with E-state index >= 15 is 0 Å². The summed E-state index contributed by atoms with van der Waals surface area (Å²) < 4.78 is 6.93. The Labute approximate surface area is 140 Å². The highest BCUT2D eigenvalue weighted by Gasteiger charge is 2.20. The number of nitrogens with zero attached hydrogens (tertiary/aromatic N) is 3. The van der Waals surface area contributed by atoms with Crippen LogP contribution in [-0.4, -0.2) is 59.5 Å². The van der Waals surface area contributed by atoms with E-state index in [-0.39, 0.29) is 11.7 Å². The van der Waals surface area contributed by atoms with Gasteiger partial charge < -0.3 is 9.73 Å². The lowest BCUT2D eigenvalue weighted by atomic mass is 10.3. The number of rotatable bonds is 6. The second-order valence-electron chi connectivity index (χ2n) is 6.15. The largest absolute Gasteiger partial charge is 0.421 e. The van der Waals surface area contributed by atoms with Gasteiger partial charge in [-0.25, -0.2) is 4.79 Å². The van der Waals surface area contributed by atoms with E-state index in [1.807, 2.05) is 25.1 Å². The summed E-state index contributed by atoms with van der Waals surface area (Å²) in [5.74, 6) is -0.236. The number of para-hydroxylation sites is 2. The van der Waals surface area contributed by atoms with Crippen LogP contribution in [0, 0.1) is 0 Å². The van der Waals surface area contributed by atoms with Crippen molar-refractivity contribution < 1.29 is 9.21 Å². The van der Waals surface area contributed by atoms with Gasteiger partial charge in [-0.05, 0) is 18.6 Å². The molecule has 0 spiro atoms. The van der Waals surface area contributed by atoms with Gasteiger partial charge in [0.2, 0.25) is 5.91 Å². The fraction of sp³-hybridized carbons (Fsp3) is 0.529. The molecule has 130 valence electrons. The first kappa shape index (κ1) is 16.7. The van der Waals surface area contributed by atoms with E-state index in [0.29, 0.717) is 18.8 Å². The predicted molar refractivity (Wildman–Crippen MR) is 91.8 cm³/mol. The molecule has 2 heterocycles. The molecule has 0 radical (unpaired) electrons. The van der Waals surface area contributed by atoms with E-state index in [1.165, 1.54) is 0 Å². The first-order valence-electron chi connectivity index (χ1n) is 8.47. The predicted octanol–water partition coefficient (Wildman–Crippen LogP) is 0.696. The molecule has 0 bridgehead atoms. The van der Waals surface area contributed by atoms with Crippen LogP contribution in [0.3, 0.4) is 0 Å². The van der Waals surface area contributed by atoms with Crippen LogP contribution in [0.4, 0.5) is 0 Å². The summed E-state index contributed by atoms with van der Waals surface area (Å²) in [5, 5.41) is 2.90. The molecule has 0 unspecified atom stereocenters. The van der Waals surface area contributed by atoms with Gasteiger partial charge in [-0.2, -0.15) is 0 Å². The molecule has 1 N–H and O–H groups in total. The van der Waals surface area contributed by atoms with Gasteiger partial charge in [0, 0.05) is 32.7 Å². The van der Waals surface area contributed by atoms with Crippen LogP contribution < -0.4 is 11.1 Å². The average Bonchev–Trinajstić information content (AvgIpc) is 2.90. The van der Waals surface area contributed by atoms with Crippen LogP contribution in [0.2, 0.25) is 0 Å². The lowest BCUT2D eigenvalue weighted by Crippen LogP contribution is -2.50. The van der Waals surface area contributed by atoms with Gasteiger partial charge in [0.1, 0.15) is 0 Å². The molecule has 1 aromatic heterocycles. The molecule has 1 fully saturated rings. The van der Waals surface area contributed by atoms with Crippen molar-refractivity contribution >= 4 is 17.0 Å². The monoisotopic (exact) mass is 332 g/mol. The summed E-state index contributed by atoms with van der Waals surface area (Å²) in [6.07, 6.45) is 0.951. The van der Waals surface area contributed by atoms with E-state index in [1.54, 1.807) is 10.6 Å². The van der Waals surface area contributed by atoms with Gasteiger partial charge in [-0.1, -0.05) is 19.1 Å². The molecule has 1 amide bonds. The normalized spacial score (nSPS) is 16.5. The molecule has 0 saturated carbocycles. The summed E-state index contributed by atoms with van der Waals surface area (Å²) >= 11 is 0. The summed E-state index contributed by atoms with van der Waals surface area (Å²) in [4.78, 5) is 28.2. The van der Waals surface area contributed by atoms with E-state index in [9.17, 15) is 9.59 Å². The fourth-order valence-corrected chi connectivity index (χ4v) is 2.96. The molecule has 7 nitrogen and oxygen atoms in total. The number of nitrogens with one attached hydrogen (secondary N) is 1. The summed E-state index contributed by atoms with van der Waals surface area (Å²) in [6.45, 7) is 7.04. The third-order valence-corrected chi connectivity index (χ3v) is 4.32. The molecule has 1 aliphatic rings. The highest BCUT2D eigenvalue weighted by molar-refractivity contribution is 5.78. The van der Waals surface area contributed by atoms with Crippen LogP contribution in [0.25, 0.3) is 11.1 Å². The van der Waals surface area contributed by atoms with Crippen LogP contribution in [0.15, 0.2) is 33.5 Å². The SMILES string of the molecule is CCCNC(=O)CN1CCN(Cn2c(=O)oc3ccccc32)CC1. The average molecular weight is 332 g/mol. The second kappa shape index (κ2) is 7.63. The van der Waals surface area contributed by atoms with Gasteiger partial charge in [0.15, 0.2) is 5.58 Å². The molecule has 7 heteroatoms. The topological polar surface area (TPSA) is 70.7 Å². The van der Waals surface area contributed by atoms with Gasteiger partial charge >= 0.3 is 5.76 Å². The van der Waals surface area contributed by atoms with Gasteiger partial charge in [0.05, 0.1) is 18.7 Å². The number of amides is 1. The zero-order valence-electron chi connectivity index (χ0n) is 14.0. The number of piperazine rings is 1. The van der Waals surface area contributed by atoms with Gasteiger partial charge in [-0.3, -0.25) is 19.2 Å². The summed E-state index contributed by atoms with van der Waals surface area (Å²) in [5.41, 5.74) is 1.44. The fourth-order valence-electron chi connectivity index (χ4n) is 2.96. The highest BCUT2D eigenvalue weighted by Crippen LogP contribution is 2.13. The van der Waals surface area contributed by atoms with Crippen molar-refractivity contribution in [1.82, 2.24) is 19.7 Å². The maximum atomic E-state index is 12.0. The quantitative estimate of drug-likeness (QED) is 0.843. The van der Waals surface area contributed by atoms with Crippen molar-refractivity contribution in [2.45, 2.75) is 20.0 Å². The van der Waals surface area contributed by atoms with Crippen LogP contribution >= 0.6 is 0 Å². The van der Waals surface area contributed by atoms with Crippen LogP contribution in [0.5, 0.6) is 0 Å². The number of carbonyl (C=O) groups excluding carboxylic acids is 1. The number of hydrogen-bond donors (Lipinski definition) is 1. The van der Waals surface area contributed by atoms with Crippen molar-refractivity contribution in [3.8, 4) is 0 Å². The molecule has 2 aromatic rings. The number of aromatic nitrogens is 1. The minimum atomic E-state index is -0.322. The molecule has 0 aliphatic carbocycles. The second-order valence-corrected chi connectivity index (χ2v) is 6.15. The lowest BCUT2D eigenvalue weighted by molar-refractivity contribution is -0.122. The minimum absolute atomic E-state index is 0.0855. The number of fused-ring (bicyclic) bond motifs is 1. The third-order valence-electron chi connectivity index (χ3n) is 4.32. The van der Waals surface area contributed by atoms with Crippen molar-refractivity contribution in [3.05, 3.63) is 34.8 Å². The molecule has 1 saturated heterocycles. The molecule has 3 rings (SSSR count). The Hall–Kier alpha value is -2.12. The Balaban J connectivity index is 1.54. The zero-order valence-corrected chi connectivity index (χ0v) is 14.0. The van der Waals surface area contributed by atoms with Crippen molar-refractivity contribution in [1.29, 1.82) is 0 Å². The standard InChI is InChI=1S/C17H24N4O3/c1-2-7-18-16(22)12-19-8-10-20(11-9-19)13-21-14-5-3-4-6-15(14)24-17(21)23/h3-6H,2,7-13H2,1H3,(H,18,22). The van der Waals surface area contributed by atoms with E-state index in [0.717, 1.165) is 44.7 Å². The summed E-state index contributed by atoms with van der Waals surface area (Å²) in [6, 6.07) is 7.47. The van der Waals surface area contributed by atoms with E-state index in [4.69, 9.17) is 4.42 Å².